The van der Waals surface area contributed by atoms with Gasteiger partial charge in [-0.1, -0.05) is 36.4 Å². The van der Waals surface area contributed by atoms with Gasteiger partial charge in [0, 0.05) is 0 Å². The van der Waals surface area contributed by atoms with E-state index in [4.69, 9.17) is 0 Å². The van der Waals surface area contributed by atoms with E-state index in [2.05, 4.69) is 0 Å². The number of halogens is 3. The Kier molecular flexibility index (Phi) is 4.29. The number of nitrogens with zero attached hydrogens (tertiary/aromatic N) is 1. The highest BCUT2D eigenvalue weighted by Crippen LogP contribution is 2.46. The number of amides is 2. The Morgan fingerprint density at radius 3 is 2.26 bits per heavy atom. The molecule has 1 heterocycles. The minimum absolute atomic E-state index is 0.00508. The highest BCUT2D eigenvalue weighted by molar-refractivity contribution is 6.22. The molecule has 6 heteroatoms. The molecule has 1 saturated carbocycles. The van der Waals surface area contributed by atoms with Gasteiger partial charge >= 0.3 is 6.18 Å². The van der Waals surface area contributed by atoms with E-state index in [1.54, 1.807) is 0 Å². The van der Waals surface area contributed by atoms with Crippen LogP contribution < -0.4 is 4.90 Å². The summed E-state index contributed by atoms with van der Waals surface area (Å²) in [5.41, 5.74) is 0.275. The third-order valence-electron chi connectivity index (χ3n) is 5.63. The fraction of sp³-hybridized carbons (Fsp3) is 0.333. The van der Waals surface area contributed by atoms with Crippen LogP contribution >= 0.6 is 0 Å². The van der Waals surface area contributed by atoms with Gasteiger partial charge in [-0.15, -0.1) is 0 Å². The number of imide groups is 1. The van der Waals surface area contributed by atoms with E-state index in [0.717, 1.165) is 29.0 Å². The Morgan fingerprint density at radius 1 is 0.852 bits per heavy atom. The monoisotopic (exact) mass is 373 g/mol. The smallest absolute Gasteiger partial charge is 0.274 e. The zero-order valence-electron chi connectivity index (χ0n) is 14.4. The fourth-order valence-electron chi connectivity index (χ4n) is 4.28. The van der Waals surface area contributed by atoms with Gasteiger partial charge in [-0.2, -0.15) is 13.2 Å². The summed E-state index contributed by atoms with van der Waals surface area (Å²) in [6.07, 6.45) is -2.60. The zero-order chi connectivity index (χ0) is 19.2. The molecule has 2 fully saturated rings. The Hall–Kier alpha value is -2.63. The van der Waals surface area contributed by atoms with E-state index >= 15 is 0 Å². The van der Waals surface area contributed by atoms with Crippen LogP contribution in [-0.2, 0) is 15.8 Å². The Bertz CT molecular complexity index is 878. The highest BCUT2D eigenvalue weighted by atomic mass is 19.4. The van der Waals surface area contributed by atoms with Crippen molar-refractivity contribution in [1.82, 2.24) is 0 Å². The predicted octanol–water partition coefficient (Wildman–Crippen LogP) is 4.78. The largest absolute Gasteiger partial charge is 0.416 e. The van der Waals surface area contributed by atoms with Gasteiger partial charge in [0.05, 0.1) is 23.1 Å². The molecule has 27 heavy (non-hydrogen) atoms. The summed E-state index contributed by atoms with van der Waals surface area (Å²) in [6, 6.07) is 14.3. The predicted molar refractivity (Wildman–Crippen MR) is 94.0 cm³/mol. The molecule has 4 rings (SSSR count). The summed E-state index contributed by atoms with van der Waals surface area (Å²) in [7, 11) is 0. The van der Waals surface area contributed by atoms with Crippen LogP contribution in [0.2, 0.25) is 0 Å². The number of rotatable bonds is 2. The van der Waals surface area contributed by atoms with Gasteiger partial charge in [-0.25, -0.2) is 0 Å². The van der Waals surface area contributed by atoms with E-state index in [-0.39, 0.29) is 23.4 Å². The second-order valence-corrected chi connectivity index (χ2v) is 7.19. The topological polar surface area (TPSA) is 37.4 Å². The molecule has 1 saturated heterocycles. The van der Waals surface area contributed by atoms with Crippen LogP contribution in [0.3, 0.4) is 0 Å². The summed E-state index contributed by atoms with van der Waals surface area (Å²) in [5.74, 6) is -1.48. The third-order valence-corrected chi connectivity index (χ3v) is 5.63. The molecule has 0 spiro atoms. The first kappa shape index (κ1) is 17.8. The van der Waals surface area contributed by atoms with Crippen LogP contribution in [-0.4, -0.2) is 11.8 Å². The molecular formula is C21H18F3NO2. The summed E-state index contributed by atoms with van der Waals surface area (Å²) >= 11 is 0. The van der Waals surface area contributed by atoms with Gasteiger partial charge in [0.2, 0.25) is 11.8 Å². The maximum absolute atomic E-state index is 13.0. The van der Waals surface area contributed by atoms with Crippen molar-refractivity contribution in [3.8, 4) is 0 Å². The van der Waals surface area contributed by atoms with Crippen molar-refractivity contribution in [2.45, 2.75) is 31.4 Å². The maximum Gasteiger partial charge on any atom is 0.416 e. The van der Waals surface area contributed by atoms with Crippen molar-refractivity contribution in [1.29, 1.82) is 0 Å². The number of carbonyl (C=O) groups is 2. The molecule has 2 aliphatic rings. The third kappa shape index (κ3) is 3.13. The van der Waals surface area contributed by atoms with Crippen LogP contribution in [0.1, 0.15) is 36.3 Å². The van der Waals surface area contributed by atoms with Crippen molar-refractivity contribution in [3.63, 3.8) is 0 Å². The van der Waals surface area contributed by atoms with E-state index in [9.17, 15) is 22.8 Å². The first-order chi connectivity index (χ1) is 12.9. The lowest BCUT2D eigenvalue weighted by Gasteiger charge is -2.28. The molecule has 2 aromatic rings. The zero-order valence-corrected chi connectivity index (χ0v) is 14.4. The van der Waals surface area contributed by atoms with Crippen LogP contribution in [0.4, 0.5) is 18.9 Å². The lowest BCUT2D eigenvalue weighted by Crippen LogP contribution is -2.31. The van der Waals surface area contributed by atoms with Crippen LogP contribution in [0, 0.1) is 11.8 Å². The van der Waals surface area contributed by atoms with Gasteiger partial charge in [0.25, 0.3) is 0 Å². The van der Waals surface area contributed by atoms with Gasteiger partial charge in [-0.05, 0) is 48.9 Å². The van der Waals surface area contributed by atoms with E-state index in [0.29, 0.717) is 12.8 Å². The highest BCUT2D eigenvalue weighted by Gasteiger charge is 2.51. The number of fused-ring (bicyclic) bond motifs is 1. The molecule has 0 bridgehead atoms. The van der Waals surface area contributed by atoms with Crippen LogP contribution in [0.5, 0.6) is 0 Å². The Balaban J connectivity index is 1.61. The van der Waals surface area contributed by atoms with E-state index in [1.807, 2.05) is 30.3 Å². The van der Waals surface area contributed by atoms with E-state index < -0.39 is 23.6 Å². The number of hydrogen-bond donors (Lipinski definition) is 0. The number of hydrogen-bond acceptors (Lipinski definition) is 2. The minimum atomic E-state index is -4.52. The molecule has 3 unspecified atom stereocenters. The lowest BCUT2D eigenvalue weighted by molar-refractivity contribution is -0.137. The molecule has 0 N–H and O–H groups in total. The average Bonchev–Trinajstić information content (AvgIpc) is 2.92. The van der Waals surface area contributed by atoms with Crippen molar-refractivity contribution in [2.24, 2.45) is 11.8 Å². The summed E-state index contributed by atoms with van der Waals surface area (Å²) in [4.78, 5) is 26.6. The molecule has 3 atom stereocenters. The fourth-order valence-corrected chi connectivity index (χ4v) is 4.28. The summed E-state index contributed by atoms with van der Waals surface area (Å²) < 4.78 is 39.0. The average molecular weight is 373 g/mol. The van der Waals surface area contributed by atoms with Crippen molar-refractivity contribution in [3.05, 3.63) is 65.7 Å². The standard InChI is InChI=1S/C21H18F3NO2/c22-21(23,24)15-7-4-8-16(12-15)25-19(26)17-10-9-14(11-18(17)20(25)27)13-5-2-1-3-6-13/h1-8,12,14,17-18H,9-11H2. The molecule has 140 valence electrons. The molecule has 0 radical (unpaired) electrons. The second kappa shape index (κ2) is 6.51. The molecule has 1 aliphatic heterocycles. The van der Waals surface area contributed by atoms with Gasteiger partial charge in [0.15, 0.2) is 0 Å². The first-order valence-corrected chi connectivity index (χ1v) is 8.96. The minimum Gasteiger partial charge on any atom is -0.274 e. The van der Waals surface area contributed by atoms with Crippen LogP contribution in [0.15, 0.2) is 54.6 Å². The molecule has 1 aliphatic carbocycles. The quantitative estimate of drug-likeness (QED) is 0.711. The Morgan fingerprint density at radius 2 is 1.56 bits per heavy atom. The number of benzene rings is 2. The second-order valence-electron chi connectivity index (χ2n) is 7.19. The van der Waals surface area contributed by atoms with Gasteiger partial charge in [-0.3, -0.25) is 14.5 Å². The normalized spacial score (nSPS) is 25.6. The van der Waals surface area contributed by atoms with E-state index in [1.165, 1.54) is 12.1 Å². The molecule has 2 aromatic carbocycles. The molecule has 2 amide bonds. The van der Waals surface area contributed by atoms with Gasteiger partial charge < -0.3 is 0 Å². The molecular weight excluding hydrogens is 355 g/mol. The Labute approximate surface area is 154 Å². The lowest BCUT2D eigenvalue weighted by atomic mass is 9.73. The molecule has 0 aromatic heterocycles. The van der Waals surface area contributed by atoms with Crippen molar-refractivity contribution < 1.29 is 22.8 Å². The van der Waals surface area contributed by atoms with Crippen LogP contribution in [0.25, 0.3) is 0 Å². The van der Waals surface area contributed by atoms with Crippen molar-refractivity contribution >= 4 is 17.5 Å². The van der Waals surface area contributed by atoms with Crippen molar-refractivity contribution in [2.75, 3.05) is 4.90 Å². The van der Waals surface area contributed by atoms with Gasteiger partial charge in [0.1, 0.15) is 0 Å². The molecule has 3 nitrogen and oxygen atoms in total. The number of alkyl halides is 3. The number of carbonyl (C=O) groups excluding carboxylic acids is 2. The number of anilines is 1. The first-order valence-electron chi connectivity index (χ1n) is 8.96. The maximum atomic E-state index is 13.0. The summed E-state index contributed by atoms with van der Waals surface area (Å²) in [6.45, 7) is 0. The SMILES string of the molecule is O=C1C2CCC(c3ccccc3)CC2C(=O)N1c1cccc(C(F)(F)F)c1. The summed E-state index contributed by atoms with van der Waals surface area (Å²) in [5, 5.41) is 0.